The summed E-state index contributed by atoms with van der Waals surface area (Å²) >= 11 is 0. The molecule has 6 nitrogen and oxygen atoms in total. The van der Waals surface area contributed by atoms with E-state index < -0.39 is 0 Å². The molecule has 0 spiro atoms. The number of nitrogens with zero attached hydrogens (tertiary/aromatic N) is 2. The van der Waals surface area contributed by atoms with Gasteiger partial charge in [0.15, 0.2) is 0 Å². The lowest BCUT2D eigenvalue weighted by Crippen LogP contribution is -2.52. The van der Waals surface area contributed by atoms with E-state index >= 15 is 0 Å². The van der Waals surface area contributed by atoms with Gasteiger partial charge in [-0.15, -0.1) is 0 Å². The zero-order valence-corrected chi connectivity index (χ0v) is 16.1. The molecule has 0 aliphatic carbocycles. The van der Waals surface area contributed by atoms with Crippen molar-refractivity contribution < 1.29 is 19.1 Å². The quantitative estimate of drug-likeness (QED) is 0.753. The van der Waals surface area contributed by atoms with Gasteiger partial charge in [-0.05, 0) is 43.2 Å². The molecule has 3 rings (SSSR count). The summed E-state index contributed by atoms with van der Waals surface area (Å²) in [7, 11) is 1.39. The molecular formula is C21H28N2O4. The van der Waals surface area contributed by atoms with Gasteiger partial charge in [0, 0.05) is 38.8 Å². The van der Waals surface area contributed by atoms with Gasteiger partial charge in [0.1, 0.15) is 11.5 Å². The number of hydrogen-bond donors (Lipinski definition) is 1. The molecule has 1 atom stereocenters. The number of methoxy groups -OCH3 is 1. The molecule has 6 heteroatoms. The number of aliphatic hydroxyl groups excluding tert-OH is 1. The second-order valence-corrected chi connectivity index (χ2v) is 7.07. The number of hydrogen-bond acceptors (Lipinski definition) is 6. The van der Waals surface area contributed by atoms with Gasteiger partial charge in [0.25, 0.3) is 0 Å². The molecule has 1 N–H and O–H groups in total. The van der Waals surface area contributed by atoms with Crippen molar-refractivity contribution >= 4 is 5.97 Å². The lowest BCUT2D eigenvalue weighted by Gasteiger charge is -2.41. The summed E-state index contributed by atoms with van der Waals surface area (Å²) in [6.07, 6.45) is 0.747. The van der Waals surface area contributed by atoms with Crippen molar-refractivity contribution in [2.45, 2.75) is 32.5 Å². The fraction of sp³-hybridized carbons (Fsp3) is 0.476. The van der Waals surface area contributed by atoms with Crippen molar-refractivity contribution in [2.75, 3.05) is 33.4 Å². The van der Waals surface area contributed by atoms with Crippen LogP contribution in [0.5, 0.6) is 0 Å². The normalized spacial score (nSPS) is 18.6. The Labute approximate surface area is 160 Å². The van der Waals surface area contributed by atoms with Crippen LogP contribution in [-0.4, -0.2) is 60.3 Å². The van der Waals surface area contributed by atoms with Crippen LogP contribution < -0.4 is 0 Å². The Morgan fingerprint density at radius 2 is 1.96 bits per heavy atom. The van der Waals surface area contributed by atoms with E-state index in [-0.39, 0.29) is 12.6 Å². The monoisotopic (exact) mass is 372 g/mol. The summed E-state index contributed by atoms with van der Waals surface area (Å²) in [6.45, 7) is 6.54. The predicted octanol–water partition coefficient (Wildman–Crippen LogP) is 2.44. The summed E-state index contributed by atoms with van der Waals surface area (Å²) in [6, 6.07) is 11.9. The average molecular weight is 372 g/mol. The molecule has 0 amide bonds. The molecule has 0 bridgehead atoms. The van der Waals surface area contributed by atoms with E-state index in [1.54, 1.807) is 0 Å². The van der Waals surface area contributed by atoms with Gasteiger partial charge >= 0.3 is 5.97 Å². The van der Waals surface area contributed by atoms with Crippen LogP contribution in [0.4, 0.5) is 0 Å². The largest absolute Gasteiger partial charge is 0.465 e. The summed E-state index contributed by atoms with van der Waals surface area (Å²) in [4.78, 5) is 16.3. The first-order chi connectivity index (χ1) is 13.1. The van der Waals surface area contributed by atoms with Crippen molar-refractivity contribution in [1.82, 2.24) is 9.80 Å². The number of furan rings is 1. The highest BCUT2D eigenvalue weighted by atomic mass is 16.5. The maximum absolute atomic E-state index is 11.5. The second kappa shape index (κ2) is 9.17. The third kappa shape index (κ3) is 5.19. The molecule has 1 aromatic carbocycles. The van der Waals surface area contributed by atoms with Crippen molar-refractivity contribution in [3.63, 3.8) is 0 Å². The molecule has 0 saturated carbocycles. The topological polar surface area (TPSA) is 66.2 Å². The fourth-order valence-corrected chi connectivity index (χ4v) is 3.62. The fourth-order valence-electron chi connectivity index (χ4n) is 3.62. The molecule has 0 radical (unpaired) electrons. The summed E-state index contributed by atoms with van der Waals surface area (Å²) < 4.78 is 10.5. The van der Waals surface area contributed by atoms with E-state index in [0.717, 1.165) is 50.7 Å². The predicted molar refractivity (Wildman–Crippen MR) is 102 cm³/mol. The molecule has 2 aromatic rings. The first kappa shape index (κ1) is 19.6. The number of benzene rings is 1. The average Bonchev–Trinajstić information content (AvgIpc) is 3.09. The molecule has 0 unspecified atom stereocenters. The summed E-state index contributed by atoms with van der Waals surface area (Å²) in [5, 5.41) is 9.48. The molecule has 2 heterocycles. The molecule has 1 aliphatic rings. The highest BCUT2D eigenvalue weighted by molar-refractivity contribution is 5.89. The number of aliphatic hydroxyl groups is 1. The maximum Gasteiger partial charge on any atom is 0.337 e. The van der Waals surface area contributed by atoms with E-state index in [1.807, 2.05) is 43.3 Å². The first-order valence-corrected chi connectivity index (χ1v) is 9.39. The maximum atomic E-state index is 11.5. The zero-order valence-electron chi connectivity index (χ0n) is 16.1. The highest BCUT2D eigenvalue weighted by Crippen LogP contribution is 2.19. The van der Waals surface area contributed by atoms with Crippen LogP contribution in [-0.2, 0) is 17.8 Å². The van der Waals surface area contributed by atoms with Crippen LogP contribution in [0.25, 0.3) is 0 Å². The number of aryl methyl sites for hydroxylation is 1. The van der Waals surface area contributed by atoms with Crippen molar-refractivity contribution in [1.29, 1.82) is 0 Å². The first-order valence-electron chi connectivity index (χ1n) is 9.39. The number of esters is 1. The van der Waals surface area contributed by atoms with Gasteiger partial charge in [-0.25, -0.2) is 4.79 Å². The van der Waals surface area contributed by atoms with Crippen LogP contribution in [0.1, 0.15) is 33.9 Å². The van der Waals surface area contributed by atoms with Crippen LogP contribution in [0.3, 0.4) is 0 Å². The Hall–Kier alpha value is -2.15. The summed E-state index contributed by atoms with van der Waals surface area (Å²) in [5.41, 5.74) is 1.73. The Kier molecular flexibility index (Phi) is 6.66. The second-order valence-electron chi connectivity index (χ2n) is 7.07. The number of carbonyl (C=O) groups excluding carboxylic acids is 1. The molecule has 1 saturated heterocycles. The molecule has 1 aliphatic heterocycles. The van der Waals surface area contributed by atoms with Gasteiger partial charge in [-0.1, -0.05) is 12.1 Å². The zero-order chi connectivity index (χ0) is 19.2. The number of piperazine rings is 1. The number of carbonyl (C=O) groups is 1. The lowest BCUT2D eigenvalue weighted by atomic mass is 10.1. The van der Waals surface area contributed by atoms with Gasteiger partial charge in [0.2, 0.25) is 0 Å². The molecule has 27 heavy (non-hydrogen) atoms. The molecule has 1 fully saturated rings. The van der Waals surface area contributed by atoms with E-state index in [0.29, 0.717) is 11.6 Å². The van der Waals surface area contributed by atoms with E-state index in [2.05, 4.69) is 9.80 Å². The smallest absolute Gasteiger partial charge is 0.337 e. The van der Waals surface area contributed by atoms with E-state index in [1.165, 1.54) is 12.7 Å². The molecular weight excluding hydrogens is 344 g/mol. The van der Waals surface area contributed by atoms with Gasteiger partial charge in [-0.3, -0.25) is 9.80 Å². The lowest BCUT2D eigenvalue weighted by molar-refractivity contribution is 0.0454. The van der Waals surface area contributed by atoms with Crippen LogP contribution in [0.2, 0.25) is 0 Å². The SMILES string of the molecule is COC(=O)c1ccc(CN2CCN(Cc3ccc(C)o3)[C@H](CCO)C2)cc1. The minimum Gasteiger partial charge on any atom is -0.465 e. The number of ether oxygens (including phenoxy) is 1. The Bertz CT molecular complexity index is 741. The highest BCUT2D eigenvalue weighted by Gasteiger charge is 2.27. The Morgan fingerprint density at radius 1 is 1.19 bits per heavy atom. The number of rotatable bonds is 7. The summed E-state index contributed by atoms with van der Waals surface area (Å²) in [5.74, 6) is 1.59. The standard InChI is InChI=1S/C21H28N2O4/c1-16-3-8-20(27-16)15-23-11-10-22(14-19(23)9-12-24)13-17-4-6-18(7-5-17)21(25)26-2/h3-8,19,24H,9-15H2,1-2H3/t19-/m1/s1. The Balaban J connectivity index is 1.59. The van der Waals surface area contributed by atoms with Gasteiger partial charge < -0.3 is 14.3 Å². The minimum atomic E-state index is -0.314. The van der Waals surface area contributed by atoms with Crippen LogP contribution in [0.15, 0.2) is 40.8 Å². The van der Waals surface area contributed by atoms with Crippen molar-refractivity contribution in [2.24, 2.45) is 0 Å². The van der Waals surface area contributed by atoms with Gasteiger partial charge in [0.05, 0.1) is 19.2 Å². The minimum absolute atomic E-state index is 0.181. The van der Waals surface area contributed by atoms with Crippen LogP contribution in [0, 0.1) is 6.92 Å². The van der Waals surface area contributed by atoms with E-state index in [4.69, 9.17) is 9.15 Å². The third-order valence-corrected chi connectivity index (χ3v) is 5.09. The van der Waals surface area contributed by atoms with Crippen molar-refractivity contribution in [3.8, 4) is 0 Å². The van der Waals surface area contributed by atoms with Gasteiger partial charge in [-0.2, -0.15) is 0 Å². The van der Waals surface area contributed by atoms with E-state index in [9.17, 15) is 9.90 Å². The van der Waals surface area contributed by atoms with Crippen LogP contribution >= 0.6 is 0 Å². The Morgan fingerprint density at radius 3 is 2.59 bits per heavy atom. The molecule has 1 aromatic heterocycles. The third-order valence-electron chi connectivity index (χ3n) is 5.09. The molecule has 146 valence electrons. The van der Waals surface area contributed by atoms with Crippen molar-refractivity contribution in [3.05, 3.63) is 59.0 Å².